The molecule has 144 valence electrons. The number of pyridine rings is 1. The van der Waals surface area contributed by atoms with E-state index in [0.29, 0.717) is 48.7 Å². The Morgan fingerprint density at radius 3 is 2.75 bits per heavy atom. The Morgan fingerprint density at radius 1 is 1.18 bits per heavy atom. The second-order valence-electron chi connectivity index (χ2n) is 6.52. The summed E-state index contributed by atoms with van der Waals surface area (Å²) in [6, 6.07) is 10.3. The van der Waals surface area contributed by atoms with E-state index >= 15 is 0 Å². The number of H-pyrrole nitrogens is 1. The topological polar surface area (TPSA) is 71.1 Å². The van der Waals surface area contributed by atoms with Gasteiger partial charge in [-0.25, -0.2) is 4.98 Å². The smallest absolute Gasteiger partial charge is 0.387 e. The quantitative estimate of drug-likeness (QED) is 0.732. The average Bonchev–Trinajstić information content (AvgIpc) is 2.69. The van der Waals surface area contributed by atoms with Gasteiger partial charge < -0.3 is 9.72 Å². The molecule has 28 heavy (non-hydrogen) atoms. The summed E-state index contributed by atoms with van der Waals surface area (Å²) < 4.78 is 29.9. The number of ether oxygens (including phenoxy) is 1. The summed E-state index contributed by atoms with van der Waals surface area (Å²) in [5.74, 6) is 0.661. The van der Waals surface area contributed by atoms with Crippen LogP contribution in [0.5, 0.6) is 5.75 Å². The Balaban J connectivity index is 1.58. The number of nitrogens with zero attached hydrogens (tertiary/aromatic N) is 3. The number of hydrogen-bond donors (Lipinski definition) is 1. The number of para-hydroxylation sites is 1. The largest absolute Gasteiger partial charge is 0.434 e. The van der Waals surface area contributed by atoms with Gasteiger partial charge >= 0.3 is 6.61 Å². The van der Waals surface area contributed by atoms with Crippen LogP contribution in [0.2, 0.25) is 0 Å². The standard InChI is InChI=1S/C20H18F2N4O2/c21-20(22)28-17-4-2-1-3-14(17)11-26-10-7-15-16(12-26)24-18(25-19(15)27)13-5-8-23-9-6-13/h1-6,8-9,20H,7,10-12H2,(H,24,25,27). The summed E-state index contributed by atoms with van der Waals surface area (Å²) >= 11 is 0. The highest BCUT2D eigenvalue weighted by molar-refractivity contribution is 5.54. The predicted molar refractivity (Wildman–Crippen MR) is 99.0 cm³/mol. The van der Waals surface area contributed by atoms with Crippen LogP contribution in [0.3, 0.4) is 0 Å². The zero-order valence-electron chi connectivity index (χ0n) is 14.9. The minimum Gasteiger partial charge on any atom is -0.434 e. The molecule has 1 aliphatic rings. The lowest BCUT2D eigenvalue weighted by atomic mass is 10.0. The van der Waals surface area contributed by atoms with Gasteiger partial charge in [-0.1, -0.05) is 18.2 Å². The van der Waals surface area contributed by atoms with Crippen molar-refractivity contribution in [2.75, 3.05) is 6.54 Å². The van der Waals surface area contributed by atoms with E-state index in [1.807, 2.05) is 0 Å². The molecule has 1 N–H and O–H groups in total. The molecule has 0 saturated carbocycles. The van der Waals surface area contributed by atoms with E-state index < -0.39 is 6.61 Å². The molecule has 8 heteroatoms. The van der Waals surface area contributed by atoms with Crippen molar-refractivity contribution in [2.45, 2.75) is 26.1 Å². The molecule has 0 spiro atoms. The minimum absolute atomic E-state index is 0.141. The van der Waals surface area contributed by atoms with Gasteiger partial charge in [0.2, 0.25) is 0 Å². The van der Waals surface area contributed by atoms with Crippen LogP contribution in [0.4, 0.5) is 8.78 Å². The van der Waals surface area contributed by atoms with Gasteiger partial charge in [-0.05, 0) is 24.6 Å². The van der Waals surface area contributed by atoms with E-state index in [-0.39, 0.29) is 11.3 Å². The number of nitrogens with one attached hydrogen (secondary N) is 1. The van der Waals surface area contributed by atoms with Crippen molar-refractivity contribution in [3.05, 3.63) is 76.0 Å². The third kappa shape index (κ3) is 3.91. The van der Waals surface area contributed by atoms with Crippen LogP contribution in [0.25, 0.3) is 11.4 Å². The first kappa shape index (κ1) is 18.2. The first-order valence-electron chi connectivity index (χ1n) is 8.87. The fourth-order valence-electron chi connectivity index (χ4n) is 3.36. The van der Waals surface area contributed by atoms with Gasteiger partial charge in [-0.3, -0.25) is 14.7 Å². The van der Waals surface area contributed by atoms with Gasteiger partial charge in [-0.2, -0.15) is 8.78 Å². The molecule has 0 atom stereocenters. The summed E-state index contributed by atoms with van der Waals surface area (Å²) in [6.45, 7) is -1.34. The van der Waals surface area contributed by atoms with Crippen molar-refractivity contribution in [3.8, 4) is 17.1 Å². The Bertz CT molecular complexity index is 1020. The Hall–Kier alpha value is -3.13. The van der Waals surface area contributed by atoms with E-state index in [1.165, 1.54) is 6.07 Å². The van der Waals surface area contributed by atoms with Gasteiger partial charge in [0.05, 0.1) is 5.69 Å². The van der Waals surface area contributed by atoms with E-state index in [9.17, 15) is 13.6 Å². The molecule has 0 radical (unpaired) electrons. The molecule has 0 unspecified atom stereocenters. The molecule has 0 bridgehead atoms. The molecule has 3 heterocycles. The number of rotatable bonds is 5. The highest BCUT2D eigenvalue weighted by atomic mass is 19.3. The van der Waals surface area contributed by atoms with Crippen molar-refractivity contribution < 1.29 is 13.5 Å². The molecule has 0 aliphatic carbocycles. The highest BCUT2D eigenvalue weighted by Crippen LogP contribution is 2.25. The van der Waals surface area contributed by atoms with E-state index in [4.69, 9.17) is 0 Å². The summed E-state index contributed by atoms with van der Waals surface area (Å²) in [7, 11) is 0. The number of aromatic nitrogens is 3. The monoisotopic (exact) mass is 384 g/mol. The van der Waals surface area contributed by atoms with Crippen molar-refractivity contribution in [2.24, 2.45) is 0 Å². The molecular weight excluding hydrogens is 366 g/mol. The van der Waals surface area contributed by atoms with E-state index in [2.05, 4.69) is 24.6 Å². The lowest BCUT2D eigenvalue weighted by Gasteiger charge is -2.28. The maximum absolute atomic E-state index is 12.6. The van der Waals surface area contributed by atoms with Crippen LogP contribution in [0, 0.1) is 0 Å². The maximum atomic E-state index is 12.6. The molecule has 6 nitrogen and oxygen atoms in total. The molecule has 4 rings (SSSR count). The van der Waals surface area contributed by atoms with Gasteiger partial charge in [0, 0.05) is 48.7 Å². The van der Waals surface area contributed by atoms with Gasteiger partial charge in [0.15, 0.2) is 0 Å². The molecule has 1 aromatic carbocycles. The normalized spacial score (nSPS) is 14.1. The van der Waals surface area contributed by atoms with E-state index in [0.717, 1.165) is 5.56 Å². The number of aromatic amines is 1. The number of alkyl halides is 2. The molecule has 0 saturated heterocycles. The second-order valence-corrected chi connectivity index (χ2v) is 6.52. The lowest BCUT2D eigenvalue weighted by Crippen LogP contribution is -2.35. The third-order valence-electron chi connectivity index (χ3n) is 4.69. The van der Waals surface area contributed by atoms with Gasteiger partial charge in [-0.15, -0.1) is 0 Å². The first-order chi connectivity index (χ1) is 13.6. The van der Waals surface area contributed by atoms with Crippen LogP contribution in [-0.2, 0) is 19.5 Å². The molecule has 1 aliphatic heterocycles. The average molecular weight is 384 g/mol. The zero-order chi connectivity index (χ0) is 19.5. The first-order valence-corrected chi connectivity index (χ1v) is 8.87. The fourth-order valence-corrected chi connectivity index (χ4v) is 3.36. The van der Waals surface area contributed by atoms with Gasteiger partial charge in [0.25, 0.3) is 5.56 Å². The Labute approximate surface area is 159 Å². The third-order valence-corrected chi connectivity index (χ3v) is 4.69. The van der Waals surface area contributed by atoms with Gasteiger partial charge in [0.1, 0.15) is 11.6 Å². The molecular formula is C20H18F2N4O2. The predicted octanol–water partition coefficient (Wildman–Crippen LogP) is 2.99. The molecule has 3 aromatic rings. The number of halogens is 2. The Morgan fingerprint density at radius 2 is 1.96 bits per heavy atom. The highest BCUT2D eigenvalue weighted by Gasteiger charge is 2.22. The lowest BCUT2D eigenvalue weighted by molar-refractivity contribution is -0.0508. The second kappa shape index (κ2) is 7.85. The molecule has 0 fully saturated rings. The van der Waals surface area contributed by atoms with Crippen molar-refractivity contribution in [1.82, 2.24) is 19.9 Å². The fraction of sp³-hybridized carbons (Fsp3) is 0.250. The molecule has 2 aromatic heterocycles. The number of benzene rings is 1. The summed E-state index contributed by atoms with van der Waals surface area (Å²) in [6.07, 6.45) is 3.83. The number of hydrogen-bond acceptors (Lipinski definition) is 5. The zero-order valence-corrected chi connectivity index (χ0v) is 14.9. The SMILES string of the molecule is O=c1[nH]c(-c2ccncc2)nc2c1CCN(Cc1ccccc1OC(F)F)C2. The summed E-state index contributed by atoms with van der Waals surface area (Å²) in [5.41, 5.74) is 2.69. The van der Waals surface area contributed by atoms with Crippen LogP contribution in [0.15, 0.2) is 53.6 Å². The van der Waals surface area contributed by atoms with Crippen LogP contribution in [-0.4, -0.2) is 33.0 Å². The van der Waals surface area contributed by atoms with Crippen molar-refractivity contribution >= 4 is 0 Å². The van der Waals surface area contributed by atoms with E-state index in [1.54, 1.807) is 42.7 Å². The Kier molecular flexibility index (Phi) is 5.12. The van der Waals surface area contributed by atoms with Crippen LogP contribution >= 0.6 is 0 Å². The number of fused-ring (bicyclic) bond motifs is 1. The van der Waals surface area contributed by atoms with Crippen LogP contribution < -0.4 is 10.3 Å². The summed E-state index contributed by atoms with van der Waals surface area (Å²) in [4.78, 5) is 26.0. The van der Waals surface area contributed by atoms with Crippen molar-refractivity contribution in [1.29, 1.82) is 0 Å². The van der Waals surface area contributed by atoms with Crippen molar-refractivity contribution in [3.63, 3.8) is 0 Å². The minimum atomic E-state index is -2.87. The van der Waals surface area contributed by atoms with Crippen LogP contribution in [0.1, 0.15) is 16.8 Å². The molecule has 0 amide bonds. The summed E-state index contributed by atoms with van der Waals surface area (Å²) in [5, 5.41) is 0. The maximum Gasteiger partial charge on any atom is 0.387 e.